The smallest absolute Gasteiger partial charge is 0.237 e. The first kappa shape index (κ1) is 16.2. The topological polar surface area (TPSA) is 58.2 Å². The molecule has 2 amide bonds. The quantitative estimate of drug-likeness (QED) is 0.852. The molecule has 0 radical (unpaired) electrons. The average molecular weight is 326 g/mol. The molecule has 0 spiro atoms. The van der Waals surface area contributed by atoms with Crippen molar-refractivity contribution < 1.29 is 14.0 Å². The Hall–Kier alpha value is -2.69. The van der Waals surface area contributed by atoms with E-state index in [9.17, 15) is 14.0 Å². The maximum atomic E-state index is 13.8. The predicted molar refractivity (Wildman–Crippen MR) is 90.1 cm³/mol. The second-order valence-corrected chi connectivity index (χ2v) is 6.04. The molecule has 1 heterocycles. The highest BCUT2D eigenvalue weighted by Gasteiger charge is 2.38. The monoisotopic (exact) mass is 326 g/mol. The van der Waals surface area contributed by atoms with Crippen LogP contribution < -0.4 is 10.6 Å². The number of nitrogens with one attached hydrogen (secondary N) is 2. The van der Waals surface area contributed by atoms with E-state index < -0.39 is 17.6 Å². The normalized spacial score (nSPS) is 20.3. The summed E-state index contributed by atoms with van der Waals surface area (Å²) in [5.41, 5.74) is 2.15. The first-order valence-corrected chi connectivity index (χ1v) is 7.96. The summed E-state index contributed by atoms with van der Waals surface area (Å²) < 4.78 is 13.8. The van der Waals surface area contributed by atoms with Crippen molar-refractivity contribution in [2.24, 2.45) is 5.92 Å². The molecule has 24 heavy (non-hydrogen) atoms. The van der Waals surface area contributed by atoms with E-state index in [2.05, 4.69) is 10.6 Å². The first-order valence-electron chi connectivity index (χ1n) is 7.96. The van der Waals surface area contributed by atoms with E-state index in [1.165, 1.54) is 12.1 Å². The van der Waals surface area contributed by atoms with Gasteiger partial charge in [-0.2, -0.15) is 0 Å². The summed E-state index contributed by atoms with van der Waals surface area (Å²) in [5.74, 6) is -2.41. The molecule has 1 aliphatic rings. The number of hydrogen-bond donors (Lipinski definition) is 2. The fourth-order valence-corrected chi connectivity index (χ4v) is 3.06. The van der Waals surface area contributed by atoms with Crippen LogP contribution in [0.2, 0.25) is 0 Å². The Morgan fingerprint density at radius 2 is 1.88 bits per heavy atom. The molecule has 2 atom stereocenters. The van der Waals surface area contributed by atoms with Crippen LogP contribution in [0.1, 0.15) is 23.5 Å². The van der Waals surface area contributed by atoms with Crippen molar-refractivity contribution in [2.75, 3.05) is 11.9 Å². The third-order valence-electron chi connectivity index (χ3n) is 4.36. The number of piperidine rings is 1. The Bertz CT molecular complexity index is 758. The van der Waals surface area contributed by atoms with Crippen molar-refractivity contribution in [3.63, 3.8) is 0 Å². The maximum Gasteiger partial charge on any atom is 0.237 e. The van der Waals surface area contributed by atoms with Crippen LogP contribution in [-0.4, -0.2) is 18.4 Å². The summed E-state index contributed by atoms with van der Waals surface area (Å²) in [6.07, 6.45) is 0.671. The largest absolute Gasteiger partial charge is 0.355 e. The zero-order valence-corrected chi connectivity index (χ0v) is 13.4. The number of benzene rings is 2. The molecule has 0 aliphatic carbocycles. The van der Waals surface area contributed by atoms with E-state index in [4.69, 9.17) is 0 Å². The molecule has 0 aromatic heterocycles. The van der Waals surface area contributed by atoms with Crippen LogP contribution in [-0.2, 0) is 9.59 Å². The van der Waals surface area contributed by atoms with Gasteiger partial charge in [-0.15, -0.1) is 0 Å². The molecule has 1 saturated heterocycles. The van der Waals surface area contributed by atoms with Gasteiger partial charge in [-0.3, -0.25) is 9.59 Å². The van der Waals surface area contributed by atoms with Gasteiger partial charge in [0.1, 0.15) is 11.7 Å². The number of rotatable bonds is 3. The van der Waals surface area contributed by atoms with E-state index in [-0.39, 0.29) is 17.5 Å². The lowest BCUT2D eigenvalue weighted by atomic mass is 9.80. The number of aryl methyl sites for hydroxylation is 1. The Labute approximate surface area is 140 Å². The van der Waals surface area contributed by atoms with Gasteiger partial charge in [-0.25, -0.2) is 4.39 Å². The lowest BCUT2D eigenvalue weighted by molar-refractivity contribution is -0.135. The van der Waals surface area contributed by atoms with Crippen LogP contribution in [0, 0.1) is 18.7 Å². The molecule has 3 rings (SSSR count). The van der Waals surface area contributed by atoms with Gasteiger partial charge in [0.15, 0.2) is 0 Å². The highest BCUT2D eigenvalue weighted by Crippen LogP contribution is 2.32. The zero-order chi connectivity index (χ0) is 17.1. The van der Waals surface area contributed by atoms with Crippen molar-refractivity contribution in [3.8, 4) is 0 Å². The van der Waals surface area contributed by atoms with Gasteiger partial charge in [0, 0.05) is 12.5 Å². The number of halogens is 1. The lowest BCUT2D eigenvalue weighted by Gasteiger charge is -2.30. The van der Waals surface area contributed by atoms with Crippen molar-refractivity contribution in [1.82, 2.24) is 5.32 Å². The Kier molecular flexibility index (Phi) is 4.60. The van der Waals surface area contributed by atoms with Crippen LogP contribution >= 0.6 is 0 Å². The minimum atomic E-state index is -0.874. The molecular weight excluding hydrogens is 307 g/mol. The number of carbonyl (C=O) groups is 2. The van der Waals surface area contributed by atoms with Gasteiger partial charge in [-0.05, 0) is 31.0 Å². The van der Waals surface area contributed by atoms with E-state index in [0.29, 0.717) is 13.0 Å². The third kappa shape index (κ3) is 3.30. The van der Waals surface area contributed by atoms with E-state index in [1.807, 2.05) is 31.2 Å². The van der Waals surface area contributed by atoms with Crippen molar-refractivity contribution >= 4 is 17.5 Å². The van der Waals surface area contributed by atoms with E-state index in [0.717, 1.165) is 11.1 Å². The standard InChI is InChI=1S/C19H19FN2O2/c1-12-6-8-13(9-7-12)14-10-11-21-18(23)17(14)19(24)22-16-5-3-2-4-15(16)20/h2-9,14,17H,10-11H2,1H3,(H,21,23)(H,22,24). The predicted octanol–water partition coefficient (Wildman–Crippen LogP) is 2.99. The summed E-state index contributed by atoms with van der Waals surface area (Å²) in [6.45, 7) is 2.51. The van der Waals surface area contributed by atoms with E-state index in [1.54, 1.807) is 12.1 Å². The molecule has 124 valence electrons. The molecule has 2 aromatic carbocycles. The number of para-hydroxylation sites is 1. The third-order valence-corrected chi connectivity index (χ3v) is 4.36. The second-order valence-electron chi connectivity index (χ2n) is 6.04. The molecule has 0 bridgehead atoms. The summed E-state index contributed by atoms with van der Waals surface area (Å²) in [5, 5.41) is 5.28. The molecule has 1 aliphatic heterocycles. The van der Waals surface area contributed by atoms with Gasteiger partial charge in [0.2, 0.25) is 11.8 Å². The van der Waals surface area contributed by atoms with E-state index >= 15 is 0 Å². The van der Waals surface area contributed by atoms with Gasteiger partial charge < -0.3 is 10.6 Å². The van der Waals surface area contributed by atoms with Crippen LogP contribution in [0.3, 0.4) is 0 Å². The molecule has 5 heteroatoms. The first-order chi connectivity index (χ1) is 11.6. The molecule has 2 aromatic rings. The fourth-order valence-electron chi connectivity index (χ4n) is 3.06. The maximum absolute atomic E-state index is 13.8. The zero-order valence-electron chi connectivity index (χ0n) is 13.4. The van der Waals surface area contributed by atoms with Crippen molar-refractivity contribution in [2.45, 2.75) is 19.3 Å². The molecule has 2 unspecified atom stereocenters. The van der Waals surface area contributed by atoms with Gasteiger partial charge >= 0.3 is 0 Å². The highest BCUT2D eigenvalue weighted by molar-refractivity contribution is 6.07. The Balaban J connectivity index is 1.86. The summed E-state index contributed by atoms with van der Waals surface area (Å²) in [4.78, 5) is 24.9. The minimum Gasteiger partial charge on any atom is -0.355 e. The summed E-state index contributed by atoms with van der Waals surface area (Å²) >= 11 is 0. The highest BCUT2D eigenvalue weighted by atomic mass is 19.1. The van der Waals surface area contributed by atoms with Crippen LogP contribution in [0.4, 0.5) is 10.1 Å². The summed E-state index contributed by atoms with van der Waals surface area (Å²) in [7, 11) is 0. The minimum absolute atomic E-state index is 0.0866. The average Bonchev–Trinajstić information content (AvgIpc) is 2.57. The molecule has 2 N–H and O–H groups in total. The lowest BCUT2D eigenvalue weighted by Crippen LogP contribution is -2.46. The van der Waals surface area contributed by atoms with Crippen LogP contribution in [0.25, 0.3) is 0 Å². The van der Waals surface area contributed by atoms with Crippen molar-refractivity contribution in [1.29, 1.82) is 0 Å². The van der Waals surface area contributed by atoms with Gasteiger partial charge in [0.05, 0.1) is 5.69 Å². The Morgan fingerprint density at radius 1 is 1.17 bits per heavy atom. The number of anilines is 1. The number of amides is 2. The van der Waals surface area contributed by atoms with Crippen LogP contribution in [0.5, 0.6) is 0 Å². The summed E-state index contributed by atoms with van der Waals surface area (Å²) in [6, 6.07) is 13.8. The van der Waals surface area contributed by atoms with Gasteiger partial charge in [-0.1, -0.05) is 42.0 Å². The SMILES string of the molecule is Cc1ccc(C2CCNC(=O)C2C(=O)Nc2ccccc2F)cc1. The Morgan fingerprint density at radius 3 is 2.58 bits per heavy atom. The molecular formula is C19H19FN2O2. The van der Waals surface area contributed by atoms with Crippen LogP contribution in [0.15, 0.2) is 48.5 Å². The number of carbonyl (C=O) groups excluding carboxylic acids is 2. The van der Waals surface area contributed by atoms with Crippen molar-refractivity contribution in [3.05, 3.63) is 65.5 Å². The molecule has 4 nitrogen and oxygen atoms in total. The molecule has 0 saturated carbocycles. The fraction of sp³-hybridized carbons (Fsp3) is 0.263. The van der Waals surface area contributed by atoms with Gasteiger partial charge in [0.25, 0.3) is 0 Å². The number of hydrogen-bond acceptors (Lipinski definition) is 2. The second kappa shape index (κ2) is 6.83. The molecule has 1 fully saturated rings.